The lowest BCUT2D eigenvalue weighted by Crippen LogP contribution is -2.44. The maximum absolute atomic E-state index is 12.8. The van der Waals surface area contributed by atoms with E-state index in [1.54, 1.807) is 12.1 Å². The van der Waals surface area contributed by atoms with E-state index in [4.69, 9.17) is 9.72 Å². The molecule has 26 heavy (non-hydrogen) atoms. The molecule has 8 heteroatoms. The Bertz CT molecular complexity index is 888. The largest absolute Gasteiger partial charge is 0.379 e. The van der Waals surface area contributed by atoms with Crippen LogP contribution in [0.25, 0.3) is 10.9 Å². The number of sulfonamides is 1. The highest BCUT2D eigenvalue weighted by atomic mass is 32.2. The fourth-order valence-electron chi connectivity index (χ4n) is 3.40. The number of piperazine rings is 1. The van der Waals surface area contributed by atoms with Crippen molar-refractivity contribution in [1.82, 2.24) is 14.2 Å². The van der Waals surface area contributed by atoms with Gasteiger partial charge in [0.2, 0.25) is 10.0 Å². The average Bonchev–Trinajstić information content (AvgIpc) is 2.68. The molecule has 2 aliphatic heterocycles. The van der Waals surface area contributed by atoms with Gasteiger partial charge in [0.1, 0.15) is 5.82 Å². The zero-order chi connectivity index (χ0) is 18.1. The van der Waals surface area contributed by atoms with Gasteiger partial charge < -0.3 is 14.5 Å². The monoisotopic (exact) mass is 376 g/mol. The molecule has 0 saturated carbocycles. The molecule has 1 aromatic heterocycles. The van der Waals surface area contributed by atoms with Gasteiger partial charge in [-0.15, -0.1) is 0 Å². The third kappa shape index (κ3) is 3.42. The van der Waals surface area contributed by atoms with Crippen LogP contribution in [0, 0.1) is 0 Å². The van der Waals surface area contributed by atoms with Crippen LogP contribution in [0.2, 0.25) is 0 Å². The van der Waals surface area contributed by atoms with Crippen LogP contribution in [0.1, 0.15) is 0 Å². The Kier molecular flexibility index (Phi) is 4.83. The first-order valence-electron chi connectivity index (χ1n) is 8.96. The number of aromatic nitrogens is 1. The minimum Gasteiger partial charge on any atom is -0.379 e. The van der Waals surface area contributed by atoms with Crippen molar-refractivity contribution >= 4 is 26.7 Å². The molecule has 1 aromatic carbocycles. The lowest BCUT2D eigenvalue weighted by Gasteiger charge is -2.33. The lowest BCUT2D eigenvalue weighted by molar-refractivity contribution is 0.0730. The van der Waals surface area contributed by atoms with E-state index in [9.17, 15) is 8.42 Å². The number of benzene rings is 1. The molecule has 0 atom stereocenters. The normalized spacial score (nSPS) is 20.6. The second-order valence-corrected chi connectivity index (χ2v) is 8.77. The minimum atomic E-state index is -3.48. The average molecular weight is 376 g/mol. The molecule has 0 aliphatic carbocycles. The van der Waals surface area contributed by atoms with Crippen LogP contribution in [-0.2, 0) is 14.8 Å². The fraction of sp³-hybridized carbons (Fsp3) is 0.500. The van der Waals surface area contributed by atoms with E-state index in [-0.39, 0.29) is 0 Å². The van der Waals surface area contributed by atoms with Crippen molar-refractivity contribution in [1.29, 1.82) is 0 Å². The van der Waals surface area contributed by atoms with Crippen molar-refractivity contribution in [3.63, 3.8) is 0 Å². The number of anilines is 1. The fourth-order valence-corrected chi connectivity index (χ4v) is 4.84. The van der Waals surface area contributed by atoms with Crippen molar-refractivity contribution in [2.75, 3.05) is 64.4 Å². The molecule has 2 fully saturated rings. The number of nitrogens with zero attached hydrogens (tertiary/aromatic N) is 4. The van der Waals surface area contributed by atoms with E-state index < -0.39 is 10.0 Å². The molecule has 3 heterocycles. The van der Waals surface area contributed by atoms with Gasteiger partial charge in [0.05, 0.1) is 23.6 Å². The Morgan fingerprint density at radius 1 is 0.962 bits per heavy atom. The third-order valence-electron chi connectivity index (χ3n) is 5.08. The number of rotatable bonds is 3. The summed E-state index contributed by atoms with van der Waals surface area (Å²) in [6.07, 6.45) is 0. The molecule has 140 valence electrons. The summed E-state index contributed by atoms with van der Waals surface area (Å²) in [5, 5.41) is 0.845. The number of pyridine rings is 1. The van der Waals surface area contributed by atoms with E-state index in [0.29, 0.717) is 31.2 Å². The number of hydrogen-bond donors (Lipinski definition) is 0. The molecule has 0 spiro atoms. The van der Waals surface area contributed by atoms with Gasteiger partial charge in [-0.2, -0.15) is 4.31 Å². The second-order valence-electron chi connectivity index (χ2n) is 6.83. The molecule has 0 bridgehead atoms. The molecule has 0 amide bonds. The molecule has 0 radical (unpaired) electrons. The highest BCUT2D eigenvalue weighted by Crippen LogP contribution is 2.24. The predicted octanol–water partition coefficient (Wildman–Crippen LogP) is 1.01. The summed E-state index contributed by atoms with van der Waals surface area (Å²) < 4.78 is 32.4. The summed E-state index contributed by atoms with van der Waals surface area (Å²) in [5.41, 5.74) is 0.822. The lowest BCUT2D eigenvalue weighted by atomic mass is 10.2. The third-order valence-corrected chi connectivity index (χ3v) is 6.98. The number of hydrogen-bond acceptors (Lipinski definition) is 6. The summed E-state index contributed by atoms with van der Waals surface area (Å²) in [6, 6.07) is 9.14. The Balaban J connectivity index is 1.61. The Hall–Kier alpha value is -1.74. The van der Waals surface area contributed by atoms with Crippen LogP contribution in [0.4, 0.5) is 5.82 Å². The van der Waals surface area contributed by atoms with E-state index >= 15 is 0 Å². The van der Waals surface area contributed by atoms with Crippen LogP contribution in [-0.4, -0.2) is 82.1 Å². The summed E-state index contributed by atoms with van der Waals surface area (Å²) >= 11 is 0. The molecule has 7 nitrogen and oxygen atoms in total. The van der Waals surface area contributed by atoms with Crippen molar-refractivity contribution in [3.05, 3.63) is 30.3 Å². The molecule has 4 rings (SSSR count). The van der Waals surface area contributed by atoms with Gasteiger partial charge in [-0.3, -0.25) is 0 Å². The van der Waals surface area contributed by atoms with Gasteiger partial charge in [0.25, 0.3) is 0 Å². The van der Waals surface area contributed by atoms with Gasteiger partial charge in [-0.05, 0) is 37.4 Å². The second kappa shape index (κ2) is 7.11. The predicted molar refractivity (Wildman–Crippen MR) is 101 cm³/mol. The quantitative estimate of drug-likeness (QED) is 0.797. The molecule has 0 unspecified atom stereocenters. The number of ether oxygens (including phenoxy) is 1. The minimum absolute atomic E-state index is 0.320. The number of fused-ring (bicyclic) bond motifs is 1. The summed E-state index contributed by atoms with van der Waals surface area (Å²) in [6.45, 7) is 5.66. The standard InChI is InChI=1S/C18H24N4O3S/c1-20-6-8-21(9-7-20)18-5-2-15-14-16(3-4-17(15)19-18)26(23,24)22-10-12-25-13-11-22/h2-5,14H,6-13H2,1H3. The summed E-state index contributed by atoms with van der Waals surface area (Å²) in [4.78, 5) is 9.64. The SMILES string of the molecule is CN1CCN(c2ccc3cc(S(=O)(=O)N4CCOCC4)ccc3n2)CC1. The van der Waals surface area contributed by atoms with Crippen LogP contribution >= 0.6 is 0 Å². The van der Waals surface area contributed by atoms with Crippen molar-refractivity contribution in [2.45, 2.75) is 4.90 Å². The highest BCUT2D eigenvalue weighted by Gasteiger charge is 2.26. The van der Waals surface area contributed by atoms with Gasteiger partial charge in [-0.1, -0.05) is 0 Å². The Morgan fingerprint density at radius 3 is 2.42 bits per heavy atom. The molecular weight excluding hydrogens is 352 g/mol. The zero-order valence-corrected chi connectivity index (χ0v) is 15.8. The van der Waals surface area contributed by atoms with E-state index in [1.165, 1.54) is 4.31 Å². The topological polar surface area (TPSA) is 66.0 Å². The first kappa shape index (κ1) is 17.7. The van der Waals surface area contributed by atoms with Crippen molar-refractivity contribution in [3.8, 4) is 0 Å². The Labute approximate surface area is 154 Å². The van der Waals surface area contributed by atoms with E-state index in [2.05, 4.69) is 16.8 Å². The van der Waals surface area contributed by atoms with Gasteiger partial charge in [-0.25, -0.2) is 13.4 Å². The summed E-state index contributed by atoms with van der Waals surface area (Å²) in [7, 11) is -1.35. The van der Waals surface area contributed by atoms with Crippen LogP contribution in [0.5, 0.6) is 0 Å². The molecule has 2 aromatic rings. The van der Waals surface area contributed by atoms with Crippen molar-refractivity contribution in [2.24, 2.45) is 0 Å². The maximum atomic E-state index is 12.8. The molecule has 0 N–H and O–H groups in total. The smallest absolute Gasteiger partial charge is 0.243 e. The van der Waals surface area contributed by atoms with Crippen LogP contribution < -0.4 is 4.90 Å². The van der Waals surface area contributed by atoms with Crippen LogP contribution in [0.15, 0.2) is 35.2 Å². The summed E-state index contributed by atoms with van der Waals surface area (Å²) in [5.74, 6) is 0.953. The molecule has 2 saturated heterocycles. The van der Waals surface area contributed by atoms with Gasteiger partial charge in [0.15, 0.2) is 0 Å². The zero-order valence-electron chi connectivity index (χ0n) is 15.0. The van der Waals surface area contributed by atoms with E-state index in [1.807, 2.05) is 18.2 Å². The van der Waals surface area contributed by atoms with Crippen molar-refractivity contribution < 1.29 is 13.2 Å². The van der Waals surface area contributed by atoms with Crippen LogP contribution in [0.3, 0.4) is 0 Å². The first-order valence-corrected chi connectivity index (χ1v) is 10.4. The highest BCUT2D eigenvalue weighted by molar-refractivity contribution is 7.89. The molecular formula is C18H24N4O3S. The number of morpholine rings is 1. The first-order chi connectivity index (χ1) is 12.5. The number of likely N-dealkylation sites (N-methyl/N-ethyl adjacent to an activating group) is 1. The Morgan fingerprint density at radius 2 is 1.69 bits per heavy atom. The van der Waals surface area contributed by atoms with Gasteiger partial charge in [0, 0.05) is 44.7 Å². The van der Waals surface area contributed by atoms with Gasteiger partial charge >= 0.3 is 0 Å². The van der Waals surface area contributed by atoms with E-state index in [0.717, 1.165) is 42.9 Å². The maximum Gasteiger partial charge on any atom is 0.243 e. The molecule has 2 aliphatic rings.